The second-order valence-corrected chi connectivity index (χ2v) is 11.1. The van der Waals surface area contributed by atoms with E-state index in [-0.39, 0.29) is 24.1 Å². The van der Waals surface area contributed by atoms with Crippen LogP contribution in [0.4, 0.5) is 5.69 Å². The fourth-order valence-electron chi connectivity index (χ4n) is 5.93. The number of hydrogen-bond donors (Lipinski definition) is 2. The van der Waals surface area contributed by atoms with E-state index in [9.17, 15) is 14.4 Å². The molecule has 0 aromatic heterocycles. The molecule has 3 amide bonds. The first kappa shape index (κ1) is 25.6. The highest BCUT2D eigenvalue weighted by Gasteiger charge is 2.39. The minimum atomic E-state index is -0.581. The third kappa shape index (κ3) is 5.42. The Balaban J connectivity index is 1.06. The van der Waals surface area contributed by atoms with Crippen molar-refractivity contribution >= 4 is 35.0 Å². The largest absolute Gasteiger partial charge is 0.382 e. The van der Waals surface area contributed by atoms with Gasteiger partial charge in [0, 0.05) is 60.5 Å². The van der Waals surface area contributed by atoms with Gasteiger partial charge in [-0.05, 0) is 60.2 Å². The van der Waals surface area contributed by atoms with Gasteiger partial charge in [0.15, 0.2) is 0 Å². The smallest absolute Gasteiger partial charge is 0.255 e. The van der Waals surface area contributed by atoms with Crippen LogP contribution in [0.2, 0.25) is 5.02 Å². The third-order valence-corrected chi connectivity index (χ3v) is 8.28. The van der Waals surface area contributed by atoms with Crippen LogP contribution in [-0.2, 0) is 22.7 Å². The number of piperidine rings is 2. The Morgan fingerprint density at radius 3 is 2.44 bits per heavy atom. The molecule has 0 bridgehead atoms. The molecule has 1 unspecified atom stereocenters. The van der Waals surface area contributed by atoms with Crippen molar-refractivity contribution in [1.82, 2.24) is 15.1 Å². The van der Waals surface area contributed by atoms with Crippen LogP contribution >= 0.6 is 11.6 Å². The molecule has 0 aliphatic carbocycles. The Morgan fingerprint density at radius 2 is 1.67 bits per heavy atom. The van der Waals surface area contributed by atoms with Crippen molar-refractivity contribution in [1.29, 1.82) is 0 Å². The van der Waals surface area contributed by atoms with E-state index in [0.717, 1.165) is 54.3 Å². The Kier molecular flexibility index (Phi) is 7.11. The molecule has 200 valence electrons. The lowest BCUT2D eigenvalue weighted by Gasteiger charge is -2.33. The molecule has 1 atom stereocenters. The number of nitrogens with one attached hydrogen (secondary N) is 2. The first-order valence-electron chi connectivity index (χ1n) is 13.5. The highest BCUT2D eigenvalue weighted by Crippen LogP contribution is 2.31. The van der Waals surface area contributed by atoms with Crippen LogP contribution in [-0.4, -0.2) is 52.7 Å². The summed E-state index contributed by atoms with van der Waals surface area (Å²) in [6.07, 6.45) is 2.73. The normalized spacial score (nSPS) is 20.2. The van der Waals surface area contributed by atoms with E-state index in [0.29, 0.717) is 24.6 Å². The van der Waals surface area contributed by atoms with Crippen LogP contribution in [0.25, 0.3) is 11.1 Å². The van der Waals surface area contributed by atoms with Gasteiger partial charge in [0.05, 0.1) is 0 Å². The summed E-state index contributed by atoms with van der Waals surface area (Å²) in [5.74, 6) is -0.774. The maximum absolute atomic E-state index is 13.0. The molecular formula is C31H31ClN4O3. The van der Waals surface area contributed by atoms with E-state index in [2.05, 4.69) is 58.0 Å². The van der Waals surface area contributed by atoms with Gasteiger partial charge in [-0.25, -0.2) is 0 Å². The average molecular weight is 543 g/mol. The summed E-state index contributed by atoms with van der Waals surface area (Å²) < 4.78 is 0. The topological polar surface area (TPSA) is 81.8 Å². The van der Waals surface area contributed by atoms with Crippen LogP contribution in [0.3, 0.4) is 0 Å². The number of imide groups is 1. The van der Waals surface area contributed by atoms with Crippen molar-refractivity contribution < 1.29 is 14.4 Å². The summed E-state index contributed by atoms with van der Waals surface area (Å²) in [7, 11) is 0. The Bertz CT molecular complexity index is 1420. The molecule has 3 heterocycles. The van der Waals surface area contributed by atoms with Crippen molar-refractivity contribution in [2.75, 3.05) is 18.4 Å². The van der Waals surface area contributed by atoms with Gasteiger partial charge < -0.3 is 10.2 Å². The van der Waals surface area contributed by atoms with Crippen LogP contribution in [0.1, 0.15) is 47.2 Å². The van der Waals surface area contributed by atoms with Crippen molar-refractivity contribution in [3.63, 3.8) is 0 Å². The molecule has 3 aliphatic heterocycles. The van der Waals surface area contributed by atoms with Gasteiger partial charge in [0.25, 0.3) is 5.91 Å². The van der Waals surface area contributed by atoms with Gasteiger partial charge in [-0.15, -0.1) is 0 Å². The molecule has 2 fully saturated rings. The predicted octanol–water partition coefficient (Wildman–Crippen LogP) is 4.84. The number of rotatable bonds is 6. The number of halogens is 1. The number of amides is 3. The SMILES string of the molecule is O=C1CCC(N2Cc3cc(CN4CCC(Nc5ccccc5-c5ccc(Cl)cc5)CC4)ccc3C2=O)C(=O)N1. The summed E-state index contributed by atoms with van der Waals surface area (Å²) in [6.45, 7) is 3.21. The molecule has 8 heteroatoms. The van der Waals surface area contributed by atoms with E-state index in [1.807, 2.05) is 24.3 Å². The van der Waals surface area contributed by atoms with E-state index in [1.165, 1.54) is 11.1 Å². The Hall–Kier alpha value is -3.68. The fourth-order valence-corrected chi connectivity index (χ4v) is 6.06. The van der Waals surface area contributed by atoms with Crippen LogP contribution < -0.4 is 10.6 Å². The summed E-state index contributed by atoms with van der Waals surface area (Å²) >= 11 is 6.09. The number of hydrogen-bond acceptors (Lipinski definition) is 5. The van der Waals surface area contributed by atoms with Gasteiger partial charge in [0.1, 0.15) is 6.04 Å². The average Bonchev–Trinajstić information content (AvgIpc) is 3.26. The van der Waals surface area contributed by atoms with Crippen molar-refractivity contribution in [2.24, 2.45) is 0 Å². The lowest BCUT2D eigenvalue weighted by atomic mass is 10.00. The number of para-hydroxylation sites is 1. The lowest BCUT2D eigenvalue weighted by Crippen LogP contribution is -2.52. The second kappa shape index (κ2) is 10.8. The zero-order valence-electron chi connectivity index (χ0n) is 21.7. The predicted molar refractivity (Wildman–Crippen MR) is 151 cm³/mol. The van der Waals surface area contributed by atoms with E-state index < -0.39 is 6.04 Å². The molecular weight excluding hydrogens is 512 g/mol. The van der Waals surface area contributed by atoms with E-state index >= 15 is 0 Å². The van der Waals surface area contributed by atoms with Gasteiger partial charge in [-0.2, -0.15) is 0 Å². The lowest BCUT2D eigenvalue weighted by molar-refractivity contribution is -0.136. The van der Waals surface area contributed by atoms with Crippen molar-refractivity contribution in [3.8, 4) is 11.1 Å². The highest BCUT2D eigenvalue weighted by molar-refractivity contribution is 6.30. The number of carbonyl (C=O) groups excluding carboxylic acids is 3. The zero-order chi connectivity index (χ0) is 26.9. The highest BCUT2D eigenvalue weighted by atomic mass is 35.5. The Morgan fingerprint density at radius 1 is 0.897 bits per heavy atom. The number of carbonyl (C=O) groups is 3. The minimum absolute atomic E-state index is 0.128. The number of likely N-dealkylation sites (tertiary alicyclic amines) is 1. The van der Waals surface area contributed by atoms with E-state index in [1.54, 1.807) is 4.90 Å². The zero-order valence-corrected chi connectivity index (χ0v) is 22.4. The maximum Gasteiger partial charge on any atom is 0.255 e. The van der Waals surface area contributed by atoms with Gasteiger partial charge in [0.2, 0.25) is 11.8 Å². The third-order valence-electron chi connectivity index (χ3n) is 8.02. The van der Waals surface area contributed by atoms with Gasteiger partial charge in [-0.1, -0.05) is 54.1 Å². The minimum Gasteiger partial charge on any atom is -0.382 e. The molecule has 0 saturated carbocycles. The maximum atomic E-state index is 13.0. The van der Waals surface area contributed by atoms with Crippen molar-refractivity contribution in [3.05, 3.63) is 88.4 Å². The Labute approximate surface area is 233 Å². The quantitative estimate of drug-likeness (QED) is 0.435. The van der Waals surface area contributed by atoms with Gasteiger partial charge in [-0.3, -0.25) is 24.6 Å². The summed E-state index contributed by atoms with van der Waals surface area (Å²) in [6, 6.07) is 22.2. The first-order chi connectivity index (χ1) is 18.9. The molecule has 6 rings (SSSR count). The molecule has 39 heavy (non-hydrogen) atoms. The van der Waals surface area contributed by atoms with Crippen LogP contribution in [0, 0.1) is 0 Å². The summed E-state index contributed by atoms with van der Waals surface area (Å²) in [5.41, 5.74) is 6.25. The first-order valence-corrected chi connectivity index (χ1v) is 13.9. The molecule has 0 radical (unpaired) electrons. The summed E-state index contributed by atoms with van der Waals surface area (Å²) in [4.78, 5) is 40.9. The molecule has 3 aromatic carbocycles. The molecule has 3 aliphatic rings. The monoisotopic (exact) mass is 542 g/mol. The van der Waals surface area contributed by atoms with Gasteiger partial charge >= 0.3 is 0 Å². The van der Waals surface area contributed by atoms with Crippen LogP contribution in [0.15, 0.2) is 66.7 Å². The van der Waals surface area contributed by atoms with Crippen molar-refractivity contribution in [2.45, 2.75) is 50.9 Å². The molecule has 0 spiro atoms. The van der Waals surface area contributed by atoms with Crippen LogP contribution in [0.5, 0.6) is 0 Å². The standard InChI is InChI=1S/C31H31ClN4O3/c32-23-8-6-21(7-9-23)25-3-1-2-4-27(25)33-24-13-15-35(16-14-24)18-20-5-10-26-22(17-20)19-36(31(26)39)28-11-12-29(37)34-30(28)38/h1-10,17,24,28,33H,11-16,18-19H2,(H,34,37,38). The second-order valence-electron chi connectivity index (χ2n) is 10.6. The molecule has 2 saturated heterocycles. The molecule has 7 nitrogen and oxygen atoms in total. The number of fused-ring (bicyclic) bond motifs is 1. The molecule has 2 N–H and O–H groups in total. The number of nitrogens with zero attached hydrogens (tertiary/aromatic N) is 2. The fraction of sp³-hybridized carbons (Fsp3) is 0.323. The summed E-state index contributed by atoms with van der Waals surface area (Å²) in [5, 5.41) is 6.87. The number of anilines is 1. The van der Waals surface area contributed by atoms with E-state index in [4.69, 9.17) is 11.6 Å². The number of benzene rings is 3. The molecule has 3 aromatic rings.